The molecule has 2 aliphatic rings. The van der Waals surface area contributed by atoms with E-state index in [2.05, 4.69) is 0 Å². The normalized spacial score (nSPS) is 27.9. The number of benzene rings is 2. The first-order valence-electron chi connectivity index (χ1n) is 10.2. The van der Waals surface area contributed by atoms with Crippen LogP contribution in [0.5, 0.6) is 0 Å². The van der Waals surface area contributed by atoms with Crippen LogP contribution >= 0.6 is 0 Å². The van der Waals surface area contributed by atoms with Gasteiger partial charge in [-0.05, 0) is 60.7 Å². The number of alkyl halides is 6. The van der Waals surface area contributed by atoms with Gasteiger partial charge >= 0.3 is 18.3 Å². The van der Waals surface area contributed by atoms with Crippen molar-refractivity contribution in [2.45, 2.75) is 49.1 Å². The molecular weight excluding hydrogens is 457 g/mol. The summed E-state index contributed by atoms with van der Waals surface area (Å²) in [4.78, 5) is 11.9. The van der Waals surface area contributed by atoms with E-state index < -0.39 is 58.6 Å². The van der Waals surface area contributed by atoms with Gasteiger partial charge in [0, 0.05) is 11.8 Å². The Morgan fingerprint density at radius 2 is 1.52 bits per heavy atom. The third-order valence-corrected chi connectivity index (χ3v) is 6.64. The first-order chi connectivity index (χ1) is 15.3. The highest BCUT2D eigenvalue weighted by atomic mass is 19.4. The lowest BCUT2D eigenvalue weighted by molar-refractivity contribution is -0.144. The number of hydrogen-bond acceptors (Lipinski definition) is 2. The molecule has 33 heavy (non-hydrogen) atoms. The molecule has 178 valence electrons. The van der Waals surface area contributed by atoms with Crippen molar-refractivity contribution >= 4 is 5.97 Å². The molecule has 0 unspecified atom stereocenters. The van der Waals surface area contributed by atoms with Crippen molar-refractivity contribution in [2.24, 2.45) is 5.92 Å². The van der Waals surface area contributed by atoms with E-state index in [9.17, 15) is 40.6 Å². The fraction of sp³-hybridized carbons (Fsp3) is 0.435. The van der Waals surface area contributed by atoms with Crippen LogP contribution in [0.15, 0.2) is 42.5 Å². The van der Waals surface area contributed by atoms with Gasteiger partial charge in [-0.1, -0.05) is 12.1 Å². The number of carboxylic acid groups (broad SMARTS) is 1. The second-order valence-corrected chi connectivity index (χ2v) is 8.63. The predicted octanol–water partition coefficient (Wildman–Crippen LogP) is 6.38. The highest BCUT2D eigenvalue weighted by Crippen LogP contribution is 2.56. The van der Waals surface area contributed by atoms with E-state index in [1.54, 1.807) is 0 Å². The summed E-state index contributed by atoms with van der Waals surface area (Å²) in [6.45, 7) is -0.150. The molecule has 1 spiro atoms. The minimum atomic E-state index is -4.97. The fourth-order valence-electron chi connectivity index (χ4n) is 5.18. The molecule has 4 atom stereocenters. The lowest BCUT2D eigenvalue weighted by atomic mass is 9.76. The SMILES string of the molecule is O=C(O)[C@H]1CC[C@@]2(C[C@@H](c3cc(C(F)(F)F)cc(C(F)(F)F)c3)CO2)[C@@H]1c1ccc(F)cc1. The second-order valence-electron chi connectivity index (χ2n) is 8.63. The van der Waals surface area contributed by atoms with E-state index in [-0.39, 0.29) is 37.5 Å². The minimum Gasteiger partial charge on any atom is -0.481 e. The molecule has 1 heterocycles. The number of carboxylic acids is 1. The lowest BCUT2D eigenvalue weighted by Crippen LogP contribution is -2.35. The highest BCUT2D eigenvalue weighted by molar-refractivity contribution is 5.72. The van der Waals surface area contributed by atoms with Gasteiger partial charge in [0.05, 0.1) is 29.3 Å². The number of carbonyl (C=O) groups is 1. The zero-order chi connectivity index (χ0) is 24.2. The Kier molecular flexibility index (Phi) is 5.71. The molecule has 10 heteroatoms. The molecule has 0 radical (unpaired) electrons. The Balaban J connectivity index is 1.72. The van der Waals surface area contributed by atoms with Crippen molar-refractivity contribution in [1.82, 2.24) is 0 Å². The summed E-state index contributed by atoms with van der Waals surface area (Å²) in [6, 6.07) is 6.69. The van der Waals surface area contributed by atoms with Crippen LogP contribution in [0.1, 0.15) is 53.4 Å². The van der Waals surface area contributed by atoms with Crippen LogP contribution in [0.25, 0.3) is 0 Å². The molecule has 2 fully saturated rings. The van der Waals surface area contributed by atoms with Crippen LogP contribution in [-0.2, 0) is 21.9 Å². The summed E-state index contributed by atoms with van der Waals surface area (Å²) in [5.74, 6) is -3.99. The summed E-state index contributed by atoms with van der Waals surface area (Å²) in [5.41, 5.74) is -3.55. The zero-order valence-electron chi connectivity index (χ0n) is 17.0. The van der Waals surface area contributed by atoms with Crippen molar-refractivity contribution in [3.63, 3.8) is 0 Å². The quantitative estimate of drug-likeness (QED) is 0.523. The van der Waals surface area contributed by atoms with Gasteiger partial charge in [0.1, 0.15) is 5.82 Å². The molecule has 3 nitrogen and oxygen atoms in total. The number of halogens is 7. The largest absolute Gasteiger partial charge is 0.481 e. The van der Waals surface area contributed by atoms with Crippen LogP contribution < -0.4 is 0 Å². The Labute approximate surface area is 184 Å². The van der Waals surface area contributed by atoms with Gasteiger partial charge in [-0.15, -0.1) is 0 Å². The van der Waals surface area contributed by atoms with E-state index in [1.165, 1.54) is 24.3 Å². The molecule has 1 saturated heterocycles. The Morgan fingerprint density at radius 1 is 0.939 bits per heavy atom. The summed E-state index contributed by atoms with van der Waals surface area (Å²) < 4.78 is 99.1. The monoisotopic (exact) mass is 476 g/mol. The highest BCUT2D eigenvalue weighted by Gasteiger charge is 2.56. The minimum absolute atomic E-state index is 0.0530. The first kappa shape index (κ1) is 23.5. The van der Waals surface area contributed by atoms with Gasteiger partial charge in [-0.3, -0.25) is 4.79 Å². The van der Waals surface area contributed by atoms with Crippen molar-refractivity contribution in [2.75, 3.05) is 6.61 Å². The van der Waals surface area contributed by atoms with Gasteiger partial charge in [-0.25, -0.2) is 4.39 Å². The van der Waals surface area contributed by atoms with E-state index in [1.807, 2.05) is 0 Å². The molecule has 1 aliphatic heterocycles. The lowest BCUT2D eigenvalue weighted by Gasteiger charge is -2.33. The standard InChI is InChI=1S/C23H19F7O3/c24-17-3-1-12(2-4-17)19-18(20(31)32)5-6-21(19)10-14(11-33-21)13-7-15(22(25,26)27)9-16(8-13)23(28,29)30/h1-4,7-9,14,18-19H,5-6,10-11H2,(H,31,32)/t14-,18+,19-,21-/m1/s1. The maximum Gasteiger partial charge on any atom is 0.416 e. The number of aliphatic carboxylic acids is 1. The fourth-order valence-corrected chi connectivity index (χ4v) is 5.18. The Morgan fingerprint density at radius 3 is 2.03 bits per heavy atom. The van der Waals surface area contributed by atoms with Gasteiger partial charge in [-0.2, -0.15) is 26.3 Å². The molecule has 1 saturated carbocycles. The Hall–Kier alpha value is -2.62. The van der Waals surface area contributed by atoms with Crippen LogP contribution in [0.4, 0.5) is 30.7 Å². The van der Waals surface area contributed by atoms with Gasteiger partial charge in [0.2, 0.25) is 0 Å². The molecular formula is C23H19F7O3. The summed E-state index contributed by atoms with van der Waals surface area (Å²) in [5, 5.41) is 9.70. The van der Waals surface area contributed by atoms with Crippen LogP contribution in [0.2, 0.25) is 0 Å². The van der Waals surface area contributed by atoms with E-state index in [4.69, 9.17) is 4.74 Å². The molecule has 0 aromatic heterocycles. The third-order valence-electron chi connectivity index (χ3n) is 6.64. The topological polar surface area (TPSA) is 46.5 Å². The maximum absolute atomic E-state index is 13.4. The van der Waals surface area contributed by atoms with Gasteiger partial charge in [0.25, 0.3) is 0 Å². The van der Waals surface area contributed by atoms with E-state index in [0.29, 0.717) is 17.7 Å². The molecule has 0 bridgehead atoms. The predicted molar refractivity (Wildman–Crippen MR) is 102 cm³/mol. The third kappa shape index (κ3) is 4.45. The van der Waals surface area contributed by atoms with Crippen molar-refractivity contribution in [3.8, 4) is 0 Å². The Bertz CT molecular complexity index is 1010. The smallest absolute Gasteiger partial charge is 0.416 e. The summed E-state index contributed by atoms with van der Waals surface area (Å²) >= 11 is 0. The number of hydrogen-bond donors (Lipinski definition) is 1. The average molecular weight is 476 g/mol. The molecule has 4 rings (SSSR count). The summed E-state index contributed by atoms with van der Waals surface area (Å²) in [6.07, 6.45) is -9.39. The summed E-state index contributed by atoms with van der Waals surface area (Å²) in [7, 11) is 0. The molecule has 1 aliphatic carbocycles. The molecule has 2 aromatic rings. The van der Waals surface area contributed by atoms with E-state index in [0.717, 1.165) is 0 Å². The van der Waals surface area contributed by atoms with Gasteiger partial charge in [0.15, 0.2) is 0 Å². The molecule has 2 aromatic carbocycles. The van der Waals surface area contributed by atoms with Crippen LogP contribution in [-0.4, -0.2) is 23.3 Å². The maximum atomic E-state index is 13.4. The van der Waals surface area contributed by atoms with Crippen molar-refractivity contribution in [1.29, 1.82) is 0 Å². The average Bonchev–Trinajstić information content (AvgIpc) is 3.32. The van der Waals surface area contributed by atoms with Crippen molar-refractivity contribution in [3.05, 3.63) is 70.5 Å². The molecule has 0 amide bonds. The number of rotatable bonds is 3. The van der Waals surface area contributed by atoms with Crippen molar-refractivity contribution < 1.29 is 45.4 Å². The first-order valence-corrected chi connectivity index (χ1v) is 10.2. The van der Waals surface area contributed by atoms with Crippen LogP contribution in [0.3, 0.4) is 0 Å². The molecule has 1 N–H and O–H groups in total. The van der Waals surface area contributed by atoms with E-state index >= 15 is 0 Å². The number of ether oxygens (including phenoxy) is 1. The second kappa shape index (κ2) is 8.00. The van der Waals surface area contributed by atoms with Gasteiger partial charge < -0.3 is 9.84 Å². The zero-order valence-corrected chi connectivity index (χ0v) is 17.0. The van der Waals surface area contributed by atoms with Crippen LogP contribution in [0, 0.1) is 11.7 Å².